The highest BCUT2D eigenvalue weighted by molar-refractivity contribution is 5.78. The van der Waals surface area contributed by atoms with E-state index in [1.165, 1.54) is 0 Å². The van der Waals surface area contributed by atoms with Crippen LogP contribution in [0.3, 0.4) is 0 Å². The smallest absolute Gasteiger partial charge is 0.342 e. The summed E-state index contributed by atoms with van der Waals surface area (Å²) in [5, 5.41) is 16.5. The zero-order valence-electron chi connectivity index (χ0n) is 8.31. The molecular weight excluding hydrogens is 220 g/mol. The van der Waals surface area contributed by atoms with E-state index < -0.39 is 29.9 Å². The minimum Gasteiger partial charge on any atom is -0.467 e. The van der Waals surface area contributed by atoms with Gasteiger partial charge >= 0.3 is 11.7 Å². The fourth-order valence-corrected chi connectivity index (χ4v) is 0.932. The maximum absolute atomic E-state index is 11.2. The van der Waals surface area contributed by atoms with Crippen LogP contribution in [0.25, 0.3) is 0 Å². The van der Waals surface area contributed by atoms with E-state index in [4.69, 9.17) is 5.11 Å². The molecule has 0 bridgehead atoms. The van der Waals surface area contributed by atoms with E-state index in [1.807, 2.05) is 10.1 Å². The molecule has 0 fully saturated rings. The van der Waals surface area contributed by atoms with Crippen LogP contribution in [0, 0.1) is 0 Å². The summed E-state index contributed by atoms with van der Waals surface area (Å²) >= 11 is 0. The maximum atomic E-state index is 11.2. The van der Waals surface area contributed by atoms with Crippen molar-refractivity contribution in [2.24, 2.45) is 0 Å². The van der Waals surface area contributed by atoms with Gasteiger partial charge in [0.2, 0.25) is 5.82 Å². The number of aliphatic hydroxyl groups is 1. The monoisotopic (exact) mass is 230 g/mol. The summed E-state index contributed by atoms with van der Waals surface area (Å²) in [7, 11) is 1.14. The first kappa shape index (κ1) is 11.9. The number of methoxy groups -OCH3 is 1. The Morgan fingerprint density at radius 3 is 2.81 bits per heavy atom. The third kappa shape index (κ3) is 2.67. The van der Waals surface area contributed by atoms with Gasteiger partial charge in [0.1, 0.15) is 6.04 Å². The molecule has 88 valence electrons. The molecule has 0 amide bonds. The Kier molecular flexibility index (Phi) is 3.78. The van der Waals surface area contributed by atoms with Crippen LogP contribution < -0.4 is 16.6 Å². The molecule has 1 rings (SSSR count). The second-order valence-corrected chi connectivity index (χ2v) is 2.76. The van der Waals surface area contributed by atoms with Gasteiger partial charge in [-0.05, 0) is 0 Å². The largest absolute Gasteiger partial charge is 0.467 e. The number of nitrogens with zero attached hydrogens (tertiary/aromatic N) is 1. The van der Waals surface area contributed by atoms with Crippen LogP contribution >= 0.6 is 0 Å². The standard InChI is InChI=1S/C7H10N4O5/c1-16-6(14)3(2-12)8-4-5(13)9-7(15)11-10-4/h3,12H,2H2,1H3,(H,8,10)(H2,9,11,13,15). The predicted molar refractivity (Wildman–Crippen MR) is 52.0 cm³/mol. The Hall–Kier alpha value is -2.16. The van der Waals surface area contributed by atoms with Crippen LogP contribution in [0.4, 0.5) is 5.82 Å². The molecule has 0 aliphatic carbocycles. The number of ether oxygens (including phenoxy) is 1. The molecular formula is C7H10N4O5. The van der Waals surface area contributed by atoms with Crippen molar-refractivity contribution in [3.05, 3.63) is 20.8 Å². The Morgan fingerprint density at radius 1 is 1.62 bits per heavy atom. The van der Waals surface area contributed by atoms with Crippen LogP contribution in [0.1, 0.15) is 0 Å². The molecule has 16 heavy (non-hydrogen) atoms. The Balaban J connectivity index is 2.90. The van der Waals surface area contributed by atoms with Crippen molar-refractivity contribution in [2.75, 3.05) is 19.0 Å². The number of nitrogens with one attached hydrogen (secondary N) is 3. The Morgan fingerprint density at radius 2 is 2.31 bits per heavy atom. The van der Waals surface area contributed by atoms with Crippen LogP contribution in [0.5, 0.6) is 0 Å². The molecule has 4 N–H and O–H groups in total. The van der Waals surface area contributed by atoms with Crippen molar-refractivity contribution in [2.45, 2.75) is 6.04 Å². The summed E-state index contributed by atoms with van der Waals surface area (Å²) in [5.74, 6) is -1.04. The van der Waals surface area contributed by atoms with Crippen LogP contribution in [0.2, 0.25) is 0 Å². The summed E-state index contributed by atoms with van der Waals surface area (Å²) < 4.78 is 4.37. The number of aromatic nitrogens is 3. The highest BCUT2D eigenvalue weighted by Crippen LogP contribution is 1.95. The minimum absolute atomic E-state index is 0.288. The van der Waals surface area contributed by atoms with Crippen molar-refractivity contribution in [3.63, 3.8) is 0 Å². The second kappa shape index (κ2) is 5.07. The van der Waals surface area contributed by atoms with Gasteiger partial charge in [-0.3, -0.25) is 9.78 Å². The predicted octanol–water partition coefficient (Wildman–Crippen LogP) is -2.60. The number of carbonyl (C=O) groups is 1. The molecule has 0 saturated carbocycles. The van der Waals surface area contributed by atoms with Crippen LogP contribution in [0.15, 0.2) is 9.59 Å². The summed E-state index contributed by atoms with van der Waals surface area (Å²) in [5.41, 5.74) is -1.57. The summed E-state index contributed by atoms with van der Waals surface area (Å²) in [6.07, 6.45) is 0. The number of aliphatic hydroxyl groups excluding tert-OH is 1. The normalized spacial score (nSPS) is 11.9. The fourth-order valence-electron chi connectivity index (χ4n) is 0.932. The molecule has 1 atom stereocenters. The van der Waals surface area contributed by atoms with Gasteiger partial charge in [0.05, 0.1) is 13.7 Å². The SMILES string of the molecule is COC(=O)C(CO)Nc1n[nH]c(=O)[nH]c1=O. The van der Waals surface area contributed by atoms with E-state index in [-0.39, 0.29) is 5.82 Å². The molecule has 1 aromatic rings. The molecule has 9 nitrogen and oxygen atoms in total. The van der Waals surface area contributed by atoms with Gasteiger partial charge < -0.3 is 15.2 Å². The molecule has 1 unspecified atom stereocenters. The quantitative estimate of drug-likeness (QED) is 0.416. The van der Waals surface area contributed by atoms with Crippen LogP contribution in [-0.2, 0) is 9.53 Å². The first-order valence-electron chi connectivity index (χ1n) is 4.22. The number of carbonyl (C=O) groups excluding carboxylic acids is 1. The lowest BCUT2D eigenvalue weighted by atomic mass is 10.3. The van der Waals surface area contributed by atoms with E-state index >= 15 is 0 Å². The number of hydrogen-bond donors (Lipinski definition) is 4. The zero-order valence-corrected chi connectivity index (χ0v) is 8.31. The van der Waals surface area contributed by atoms with E-state index in [9.17, 15) is 14.4 Å². The lowest BCUT2D eigenvalue weighted by Gasteiger charge is -2.12. The van der Waals surface area contributed by atoms with Crippen molar-refractivity contribution >= 4 is 11.8 Å². The molecule has 0 aromatic carbocycles. The highest BCUT2D eigenvalue weighted by Gasteiger charge is 2.19. The van der Waals surface area contributed by atoms with Crippen molar-refractivity contribution in [3.8, 4) is 0 Å². The highest BCUT2D eigenvalue weighted by atomic mass is 16.5. The molecule has 0 saturated heterocycles. The van der Waals surface area contributed by atoms with Gasteiger partial charge in [0.25, 0.3) is 5.56 Å². The first-order valence-corrected chi connectivity index (χ1v) is 4.22. The Bertz CT molecular complexity index is 478. The van der Waals surface area contributed by atoms with Gasteiger partial charge in [-0.15, -0.1) is 5.10 Å². The summed E-state index contributed by atoms with van der Waals surface area (Å²) in [6, 6.07) is -1.12. The van der Waals surface area contributed by atoms with Crippen LogP contribution in [-0.4, -0.2) is 46.0 Å². The first-order chi connectivity index (χ1) is 7.58. The Labute approximate surface area is 88.5 Å². The number of esters is 1. The number of H-pyrrole nitrogens is 2. The van der Waals surface area contributed by atoms with E-state index in [1.54, 1.807) is 0 Å². The van der Waals surface area contributed by atoms with Gasteiger partial charge in [-0.2, -0.15) is 0 Å². The molecule has 1 aromatic heterocycles. The topological polar surface area (TPSA) is 137 Å². The molecule has 0 aliphatic rings. The van der Waals surface area contributed by atoms with E-state index in [0.717, 1.165) is 7.11 Å². The third-order valence-electron chi connectivity index (χ3n) is 1.69. The fraction of sp³-hybridized carbons (Fsp3) is 0.429. The number of rotatable bonds is 4. The average molecular weight is 230 g/mol. The van der Waals surface area contributed by atoms with E-state index in [0.29, 0.717) is 0 Å². The van der Waals surface area contributed by atoms with Crippen molar-refractivity contribution in [1.29, 1.82) is 0 Å². The second-order valence-electron chi connectivity index (χ2n) is 2.76. The van der Waals surface area contributed by atoms with Crippen molar-refractivity contribution in [1.82, 2.24) is 15.2 Å². The maximum Gasteiger partial charge on any atom is 0.342 e. The van der Waals surface area contributed by atoms with Crippen molar-refractivity contribution < 1.29 is 14.6 Å². The third-order valence-corrected chi connectivity index (χ3v) is 1.69. The molecule has 1 heterocycles. The zero-order chi connectivity index (χ0) is 12.1. The number of aromatic amines is 2. The molecule has 0 radical (unpaired) electrons. The summed E-state index contributed by atoms with van der Waals surface area (Å²) in [4.78, 5) is 34.8. The lowest BCUT2D eigenvalue weighted by Crippen LogP contribution is -2.38. The molecule has 0 spiro atoms. The minimum atomic E-state index is -1.12. The van der Waals surface area contributed by atoms with Gasteiger partial charge in [-0.1, -0.05) is 0 Å². The molecule has 9 heteroatoms. The van der Waals surface area contributed by atoms with E-state index in [2.05, 4.69) is 15.2 Å². The van der Waals surface area contributed by atoms with Gasteiger partial charge in [-0.25, -0.2) is 14.7 Å². The summed E-state index contributed by atoms with van der Waals surface area (Å²) in [6.45, 7) is -0.576. The number of hydrogen-bond acceptors (Lipinski definition) is 7. The molecule has 0 aliphatic heterocycles. The average Bonchev–Trinajstić information content (AvgIpc) is 2.27. The van der Waals surface area contributed by atoms with Gasteiger partial charge in [0, 0.05) is 0 Å². The van der Waals surface area contributed by atoms with Gasteiger partial charge in [0.15, 0.2) is 0 Å². The number of anilines is 1. The lowest BCUT2D eigenvalue weighted by molar-refractivity contribution is -0.142.